The molecule has 0 aromatic carbocycles. The quantitative estimate of drug-likeness (QED) is 0.647. The van der Waals surface area contributed by atoms with E-state index in [1.165, 1.54) is 5.56 Å². The molecule has 0 fully saturated rings. The fourth-order valence-electron chi connectivity index (χ4n) is 0.956. The minimum Gasteiger partial charge on any atom is -0.472 e. The fourth-order valence-corrected chi connectivity index (χ4v) is 0.956. The second-order valence-corrected chi connectivity index (χ2v) is 3.07. The Hall–Kier alpha value is -0.800. The Morgan fingerprint density at radius 1 is 1.67 bits per heavy atom. The van der Waals surface area contributed by atoms with E-state index in [1.807, 2.05) is 13.0 Å². The molecule has 1 unspecified atom stereocenters. The van der Waals surface area contributed by atoms with E-state index in [-0.39, 0.29) is 6.04 Å². The van der Waals surface area contributed by atoms with Crippen LogP contribution in [0.15, 0.2) is 23.0 Å². The van der Waals surface area contributed by atoms with Crippen LogP contribution < -0.4 is 11.1 Å². The maximum atomic E-state index is 5.59. The Morgan fingerprint density at radius 3 is 3.08 bits per heavy atom. The lowest BCUT2D eigenvalue weighted by atomic mass is 10.2. The standard InChI is InChI=1S/C9H16N2O/c1-8(10)2-4-11-6-9-3-5-12-7-9/h3,5,7-8,11H,2,4,6,10H2,1H3. The normalized spacial score (nSPS) is 13.2. The molecule has 3 N–H and O–H groups in total. The summed E-state index contributed by atoms with van der Waals surface area (Å²) in [5, 5.41) is 3.28. The van der Waals surface area contributed by atoms with E-state index in [4.69, 9.17) is 10.2 Å². The van der Waals surface area contributed by atoms with Gasteiger partial charge in [-0.1, -0.05) is 0 Å². The molecule has 0 spiro atoms. The van der Waals surface area contributed by atoms with Crippen LogP contribution in [0.1, 0.15) is 18.9 Å². The summed E-state index contributed by atoms with van der Waals surface area (Å²) < 4.78 is 4.93. The van der Waals surface area contributed by atoms with Crippen LogP contribution in [-0.2, 0) is 6.54 Å². The monoisotopic (exact) mass is 168 g/mol. The minimum atomic E-state index is 0.279. The van der Waals surface area contributed by atoms with Crippen LogP contribution in [-0.4, -0.2) is 12.6 Å². The lowest BCUT2D eigenvalue weighted by Crippen LogP contribution is -2.23. The maximum Gasteiger partial charge on any atom is 0.0947 e. The van der Waals surface area contributed by atoms with Crippen molar-refractivity contribution in [1.82, 2.24) is 5.32 Å². The van der Waals surface area contributed by atoms with Crippen molar-refractivity contribution in [3.05, 3.63) is 24.2 Å². The SMILES string of the molecule is CC(N)CCNCc1ccoc1. The molecule has 0 bridgehead atoms. The van der Waals surface area contributed by atoms with Crippen LogP contribution in [0.25, 0.3) is 0 Å². The summed E-state index contributed by atoms with van der Waals surface area (Å²) in [6.07, 6.45) is 4.44. The van der Waals surface area contributed by atoms with E-state index in [9.17, 15) is 0 Å². The zero-order chi connectivity index (χ0) is 8.81. The zero-order valence-corrected chi connectivity index (χ0v) is 7.42. The van der Waals surface area contributed by atoms with Gasteiger partial charge in [0.1, 0.15) is 0 Å². The van der Waals surface area contributed by atoms with Crippen LogP contribution in [0.3, 0.4) is 0 Å². The highest BCUT2D eigenvalue weighted by Crippen LogP contribution is 1.98. The average molecular weight is 168 g/mol. The summed E-state index contributed by atoms with van der Waals surface area (Å²) in [5.41, 5.74) is 6.77. The van der Waals surface area contributed by atoms with E-state index in [1.54, 1.807) is 12.5 Å². The van der Waals surface area contributed by atoms with Crippen molar-refractivity contribution < 1.29 is 4.42 Å². The average Bonchev–Trinajstić information content (AvgIpc) is 2.49. The topological polar surface area (TPSA) is 51.2 Å². The summed E-state index contributed by atoms with van der Waals surface area (Å²) in [4.78, 5) is 0. The highest BCUT2D eigenvalue weighted by Gasteiger charge is 1.95. The number of nitrogens with two attached hydrogens (primary N) is 1. The van der Waals surface area contributed by atoms with Crippen LogP contribution in [0.4, 0.5) is 0 Å². The molecule has 1 heterocycles. The predicted molar refractivity (Wildman–Crippen MR) is 48.7 cm³/mol. The summed E-state index contributed by atoms with van der Waals surface area (Å²) in [6, 6.07) is 2.24. The van der Waals surface area contributed by atoms with E-state index in [2.05, 4.69) is 5.32 Å². The molecule has 1 aromatic heterocycles. The molecule has 3 heteroatoms. The first kappa shape index (κ1) is 9.29. The summed E-state index contributed by atoms with van der Waals surface area (Å²) in [6.45, 7) is 3.84. The molecule has 0 aliphatic carbocycles. The van der Waals surface area contributed by atoms with Crippen molar-refractivity contribution in [2.45, 2.75) is 25.9 Å². The van der Waals surface area contributed by atoms with E-state index >= 15 is 0 Å². The van der Waals surface area contributed by atoms with Crippen molar-refractivity contribution in [3.8, 4) is 0 Å². The minimum absolute atomic E-state index is 0.279. The first-order valence-electron chi connectivity index (χ1n) is 4.26. The van der Waals surface area contributed by atoms with Gasteiger partial charge in [0.2, 0.25) is 0 Å². The lowest BCUT2D eigenvalue weighted by Gasteiger charge is -2.05. The number of furan rings is 1. The molecule has 3 nitrogen and oxygen atoms in total. The molecule has 1 atom stereocenters. The Balaban J connectivity index is 2.04. The van der Waals surface area contributed by atoms with E-state index in [0.29, 0.717) is 0 Å². The van der Waals surface area contributed by atoms with Gasteiger partial charge in [-0.2, -0.15) is 0 Å². The summed E-state index contributed by atoms with van der Waals surface area (Å²) in [7, 11) is 0. The molecule has 0 saturated heterocycles. The molecule has 0 amide bonds. The summed E-state index contributed by atoms with van der Waals surface area (Å²) >= 11 is 0. The molecule has 0 aliphatic rings. The van der Waals surface area contributed by atoms with Crippen LogP contribution in [0.5, 0.6) is 0 Å². The molecular formula is C9H16N2O. The van der Waals surface area contributed by atoms with E-state index in [0.717, 1.165) is 19.5 Å². The zero-order valence-electron chi connectivity index (χ0n) is 7.42. The Morgan fingerprint density at radius 2 is 2.50 bits per heavy atom. The second-order valence-electron chi connectivity index (χ2n) is 3.07. The maximum absolute atomic E-state index is 5.59. The van der Waals surface area contributed by atoms with Gasteiger partial charge in [-0.15, -0.1) is 0 Å². The van der Waals surface area contributed by atoms with Crippen molar-refractivity contribution in [1.29, 1.82) is 0 Å². The van der Waals surface area contributed by atoms with Gasteiger partial charge in [0.25, 0.3) is 0 Å². The van der Waals surface area contributed by atoms with Crippen LogP contribution in [0.2, 0.25) is 0 Å². The van der Waals surface area contributed by atoms with E-state index < -0.39 is 0 Å². The number of hydrogen-bond donors (Lipinski definition) is 2. The van der Waals surface area contributed by atoms with Gasteiger partial charge >= 0.3 is 0 Å². The van der Waals surface area contributed by atoms with Crippen molar-refractivity contribution >= 4 is 0 Å². The highest BCUT2D eigenvalue weighted by molar-refractivity contribution is 5.04. The first-order valence-corrected chi connectivity index (χ1v) is 4.26. The molecular weight excluding hydrogens is 152 g/mol. The van der Waals surface area contributed by atoms with Crippen molar-refractivity contribution in [2.75, 3.05) is 6.54 Å². The summed E-state index contributed by atoms with van der Waals surface area (Å²) in [5.74, 6) is 0. The van der Waals surface area contributed by atoms with Crippen LogP contribution in [0, 0.1) is 0 Å². The second kappa shape index (κ2) is 4.95. The Bertz CT molecular complexity index is 194. The fraction of sp³-hybridized carbons (Fsp3) is 0.556. The van der Waals surface area contributed by atoms with Gasteiger partial charge in [0, 0.05) is 18.2 Å². The van der Waals surface area contributed by atoms with Gasteiger partial charge in [-0.05, 0) is 26.0 Å². The third kappa shape index (κ3) is 3.55. The lowest BCUT2D eigenvalue weighted by molar-refractivity contribution is 0.555. The Kier molecular flexibility index (Phi) is 3.84. The van der Waals surface area contributed by atoms with Crippen molar-refractivity contribution in [3.63, 3.8) is 0 Å². The molecule has 0 aliphatic heterocycles. The largest absolute Gasteiger partial charge is 0.472 e. The molecule has 1 aromatic rings. The third-order valence-corrected chi connectivity index (χ3v) is 1.69. The number of rotatable bonds is 5. The predicted octanol–water partition coefficient (Wildman–Crippen LogP) is 1.11. The first-order chi connectivity index (χ1) is 5.79. The van der Waals surface area contributed by atoms with Gasteiger partial charge in [0.15, 0.2) is 0 Å². The van der Waals surface area contributed by atoms with Gasteiger partial charge in [-0.25, -0.2) is 0 Å². The molecule has 68 valence electrons. The molecule has 1 rings (SSSR count). The smallest absolute Gasteiger partial charge is 0.0947 e. The van der Waals surface area contributed by atoms with Gasteiger partial charge in [-0.3, -0.25) is 0 Å². The molecule has 0 radical (unpaired) electrons. The molecule has 0 saturated carbocycles. The third-order valence-electron chi connectivity index (χ3n) is 1.69. The van der Waals surface area contributed by atoms with Crippen LogP contribution >= 0.6 is 0 Å². The Labute approximate surface area is 72.9 Å². The van der Waals surface area contributed by atoms with Gasteiger partial charge in [0.05, 0.1) is 12.5 Å². The van der Waals surface area contributed by atoms with Crippen molar-refractivity contribution in [2.24, 2.45) is 5.73 Å². The number of hydrogen-bond acceptors (Lipinski definition) is 3. The van der Waals surface area contributed by atoms with Gasteiger partial charge < -0.3 is 15.5 Å². The highest BCUT2D eigenvalue weighted by atomic mass is 16.3. The number of nitrogens with one attached hydrogen (secondary N) is 1. The molecule has 12 heavy (non-hydrogen) atoms.